The number of carbonyl (C=O) groups excluding carboxylic acids is 3. The Kier molecular flexibility index (Phi) is 59.2. The minimum Gasteiger partial charge on any atom is -0.462 e. The van der Waals surface area contributed by atoms with Crippen LogP contribution in [0.5, 0.6) is 0 Å². The number of hydrogen-bond acceptors (Lipinski definition) is 6. The Bertz CT molecular complexity index is 1310. The molecule has 0 aliphatic carbocycles. The molecule has 6 nitrogen and oxygen atoms in total. The first kappa shape index (κ1) is 70.1. The van der Waals surface area contributed by atoms with Crippen molar-refractivity contribution in [2.75, 3.05) is 13.2 Å². The fourth-order valence-corrected chi connectivity index (χ4v) is 9.25. The molecule has 0 aromatic carbocycles. The van der Waals surface area contributed by atoms with E-state index in [2.05, 4.69) is 81.5 Å². The van der Waals surface area contributed by atoms with Crippen LogP contribution in [0.1, 0.15) is 329 Å². The summed E-state index contributed by atoms with van der Waals surface area (Å²) < 4.78 is 16.9. The normalized spacial score (nSPS) is 12.4. The predicted molar refractivity (Wildman–Crippen MR) is 316 cm³/mol. The molecule has 0 saturated heterocycles. The van der Waals surface area contributed by atoms with Gasteiger partial charge in [-0.05, 0) is 83.5 Å². The van der Waals surface area contributed by atoms with Crippen LogP contribution >= 0.6 is 0 Å². The largest absolute Gasteiger partial charge is 0.462 e. The zero-order chi connectivity index (χ0) is 52.9. The van der Waals surface area contributed by atoms with Crippen molar-refractivity contribution in [3.05, 3.63) is 60.8 Å². The second kappa shape index (κ2) is 61.7. The molecule has 0 radical (unpaired) electrons. The van der Waals surface area contributed by atoms with Crippen LogP contribution in [0.4, 0.5) is 0 Å². The Hall–Kier alpha value is -2.89. The number of ether oxygens (including phenoxy) is 3. The molecule has 0 aromatic heterocycles. The van der Waals surface area contributed by atoms with E-state index in [1.54, 1.807) is 0 Å². The van der Waals surface area contributed by atoms with Gasteiger partial charge in [0.15, 0.2) is 6.10 Å². The summed E-state index contributed by atoms with van der Waals surface area (Å²) >= 11 is 0. The average molecular weight is 1020 g/mol. The monoisotopic (exact) mass is 1020 g/mol. The van der Waals surface area contributed by atoms with Gasteiger partial charge >= 0.3 is 17.9 Å². The summed E-state index contributed by atoms with van der Waals surface area (Å²) in [6.07, 6.45) is 78.2. The number of hydrogen-bond donors (Lipinski definition) is 0. The van der Waals surface area contributed by atoms with E-state index in [1.807, 2.05) is 0 Å². The van der Waals surface area contributed by atoms with Gasteiger partial charge < -0.3 is 14.2 Å². The minimum atomic E-state index is -0.773. The lowest BCUT2D eigenvalue weighted by Gasteiger charge is -2.18. The summed E-state index contributed by atoms with van der Waals surface area (Å²) in [5.41, 5.74) is 0. The molecular weight excluding hydrogens is 901 g/mol. The van der Waals surface area contributed by atoms with Crippen LogP contribution in [0.25, 0.3) is 0 Å². The van der Waals surface area contributed by atoms with Crippen molar-refractivity contribution in [2.45, 2.75) is 335 Å². The van der Waals surface area contributed by atoms with E-state index in [0.717, 1.165) is 89.9 Å². The fraction of sp³-hybridized carbons (Fsp3) is 0.806. The van der Waals surface area contributed by atoms with Crippen molar-refractivity contribution in [2.24, 2.45) is 0 Å². The second-order valence-corrected chi connectivity index (χ2v) is 21.3. The van der Waals surface area contributed by atoms with E-state index < -0.39 is 6.10 Å². The van der Waals surface area contributed by atoms with Gasteiger partial charge in [0, 0.05) is 19.3 Å². The summed E-state index contributed by atoms with van der Waals surface area (Å²) in [5.74, 6) is -0.865. The van der Waals surface area contributed by atoms with Crippen LogP contribution in [0.3, 0.4) is 0 Å². The minimum absolute atomic E-state index is 0.0721. The second-order valence-electron chi connectivity index (χ2n) is 21.3. The Balaban J connectivity index is 4.09. The summed E-state index contributed by atoms with van der Waals surface area (Å²) in [7, 11) is 0. The van der Waals surface area contributed by atoms with Crippen LogP contribution in [0, 0.1) is 0 Å². The Morgan fingerprint density at radius 3 is 0.863 bits per heavy atom. The van der Waals surface area contributed by atoms with Crippen molar-refractivity contribution in [1.82, 2.24) is 0 Å². The molecular formula is C67H120O6. The van der Waals surface area contributed by atoms with Crippen LogP contribution in [0.2, 0.25) is 0 Å². The van der Waals surface area contributed by atoms with Gasteiger partial charge in [-0.3, -0.25) is 14.4 Å². The van der Waals surface area contributed by atoms with Gasteiger partial charge in [-0.15, -0.1) is 0 Å². The van der Waals surface area contributed by atoms with E-state index >= 15 is 0 Å². The lowest BCUT2D eigenvalue weighted by Crippen LogP contribution is -2.30. The molecule has 0 aromatic rings. The Morgan fingerprint density at radius 2 is 0.534 bits per heavy atom. The summed E-state index contributed by atoms with van der Waals surface area (Å²) in [6.45, 7) is 6.53. The first-order valence-electron chi connectivity index (χ1n) is 31.8. The number of esters is 3. The van der Waals surface area contributed by atoms with Crippen molar-refractivity contribution >= 4 is 17.9 Å². The molecule has 6 heteroatoms. The Labute approximate surface area is 453 Å². The molecule has 0 rings (SSSR count). The van der Waals surface area contributed by atoms with E-state index in [-0.39, 0.29) is 31.1 Å². The zero-order valence-electron chi connectivity index (χ0n) is 48.7. The molecule has 0 heterocycles. The van der Waals surface area contributed by atoms with Gasteiger partial charge in [-0.25, -0.2) is 0 Å². The molecule has 424 valence electrons. The van der Waals surface area contributed by atoms with Crippen LogP contribution < -0.4 is 0 Å². The summed E-state index contributed by atoms with van der Waals surface area (Å²) in [6, 6.07) is 0. The van der Waals surface area contributed by atoms with Crippen molar-refractivity contribution in [1.29, 1.82) is 0 Å². The fourth-order valence-electron chi connectivity index (χ4n) is 9.25. The molecule has 0 N–H and O–H groups in total. The smallest absolute Gasteiger partial charge is 0.306 e. The number of rotatable bonds is 58. The maximum atomic E-state index is 12.8. The molecule has 0 aliphatic rings. The number of carbonyl (C=O) groups is 3. The van der Waals surface area contributed by atoms with Gasteiger partial charge in [0.05, 0.1) is 0 Å². The van der Waals surface area contributed by atoms with Gasteiger partial charge in [0.2, 0.25) is 0 Å². The first-order valence-corrected chi connectivity index (χ1v) is 31.8. The van der Waals surface area contributed by atoms with Crippen LogP contribution in [-0.2, 0) is 28.6 Å². The highest BCUT2D eigenvalue weighted by atomic mass is 16.6. The van der Waals surface area contributed by atoms with Crippen LogP contribution in [0.15, 0.2) is 60.8 Å². The summed E-state index contributed by atoms with van der Waals surface area (Å²) in [4.78, 5) is 38.1. The quantitative estimate of drug-likeness (QED) is 0.0261. The summed E-state index contributed by atoms with van der Waals surface area (Å²) in [5, 5.41) is 0. The highest BCUT2D eigenvalue weighted by Crippen LogP contribution is 2.17. The van der Waals surface area contributed by atoms with E-state index in [9.17, 15) is 14.4 Å². The van der Waals surface area contributed by atoms with Gasteiger partial charge in [-0.1, -0.05) is 287 Å². The zero-order valence-corrected chi connectivity index (χ0v) is 48.7. The highest BCUT2D eigenvalue weighted by Gasteiger charge is 2.19. The molecule has 0 fully saturated rings. The lowest BCUT2D eigenvalue weighted by molar-refractivity contribution is -0.167. The third-order valence-corrected chi connectivity index (χ3v) is 14.0. The van der Waals surface area contributed by atoms with E-state index in [1.165, 1.54) is 199 Å². The van der Waals surface area contributed by atoms with Gasteiger partial charge in [-0.2, -0.15) is 0 Å². The van der Waals surface area contributed by atoms with Crippen molar-refractivity contribution in [3.63, 3.8) is 0 Å². The maximum Gasteiger partial charge on any atom is 0.306 e. The predicted octanol–water partition coefficient (Wildman–Crippen LogP) is 21.6. The number of allylic oxidation sites excluding steroid dienone is 10. The molecule has 0 spiro atoms. The first-order chi connectivity index (χ1) is 36.0. The average Bonchev–Trinajstić information content (AvgIpc) is 3.39. The lowest BCUT2D eigenvalue weighted by atomic mass is 10.0. The van der Waals surface area contributed by atoms with E-state index in [0.29, 0.717) is 19.3 Å². The standard InChI is InChI=1S/C67H120O6/c1-4-7-10-13-16-19-22-24-25-26-27-28-29-30-31-32-33-34-35-36-37-38-39-40-41-43-45-48-51-54-57-60-66(69)72-63-64(62-71-65(68)59-56-53-50-47-44-21-18-15-12-9-6-3)73-67(70)61-58-55-52-49-46-42-23-20-17-14-11-8-5-2/h7,10,16,19-20,23-25,27-28,64H,4-6,8-9,11-15,17-18,21-22,26,29-63H2,1-3H3/b10-7-,19-16-,23-20-,25-24-,28-27-. The van der Waals surface area contributed by atoms with Crippen molar-refractivity contribution < 1.29 is 28.6 Å². The Morgan fingerprint density at radius 1 is 0.288 bits per heavy atom. The van der Waals surface area contributed by atoms with Gasteiger partial charge in [0.1, 0.15) is 13.2 Å². The highest BCUT2D eigenvalue weighted by molar-refractivity contribution is 5.71. The maximum absolute atomic E-state index is 12.8. The number of unbranched alkanes of at least 4 members (excludes halogenated alkanes) is 37. The van der Waals surface area contributed by atoms with Crippen molar-refractivity contribution in [3.8, 4) is 0 Å². The molecule has 0 bridgehead atoms. The molecule has 0 amide bonds. The molecule has 73 heavy (non-hydrogen) atoms. The van der Waals surface area contributed by atoms with Gasteiger partial charge in [0.25, 0.3) is 0 Å². The molecule has 0 saturated carbocycles. The molecule has 1 unspecified atom stereocenters. The molecule has 0 aliphatic heterocycles. The third-order valence-electron chi connectivity index (χ3n) is 14.0. The topological polar surface area (TPSA) is 78.9 Å². The van der Waals surface area contributed by atoms with E-state index in [4.69, 9.17) is 14.2 Å². The molecule has 1 atom stereocenters. The third kappa shape index (κ3) is 59.9. The SMILES string of the molecule is CC/C=C\C/C=C\C/C=C\C/C=C\CCCCCCCCCCCCCCCCCCCCC(=O)OCC(COC(=O)CCCCCCCCCCCCC)OC(=O)CCCCCCC/C=C\CCCCCC. The van der Waals surface area contributed by atoms with Crippen LogP contribution in [-0.4, -0.2) is 37.2 Å².